The number of rotatable bonds is 2. The van der Waals surface area contributed by atoms with Gasteiger partial charge in [0.2, 0.25) is 0 Å². The third-order valence-electron chi connectivity index (χ3n) is 4.08. The van der Waals surface area contributed by atoms with Gasteiger partial charge < -0.3 is 10.2 Å². The molecule has 2 rings (SSSR count). The molecule has 3 nitrogen and oxygen atoms in total. The molecule has 2 aliphatic rings. The van der Waals surface area contributed by atoms with Crippen LogP contribution >= 0.6 is 11.8 Å². The zero-order chi connectivity index (χ0) is 10.9. The van der Waals surface area contributed by atoms with E-state index in [2.05, 4.69) is 0 Å². The lowest BCUT2D eigenvalue weighted by Crippen LogP contribution is -2.53. The Labute approximate surface area is 94.3 Å². The summed E-state index contributed by atoms with van der Waals surface area (Å²) in [5, 5.41) is 20.0. The largest absolute Gasteiger partial charge is 0.481 e. The van der Waals surface area contributed by atoms with Gasteiger partial charge in [0.25, 0.3) is 0 Å². The second kappa shape index (κ2) is 3.98. The van der Waals surface area contributed by atoms with Crippen LogP contribution in [-0.2, 0) is 4.79 Å². The molecular formula is C11H18O3S. The van der Waals surface area contributed by atoms with Crippen LogP contribution in [0.25, 0.3) is 0 Å². The molecule has 0 aromatic heterocycles. The predicted molar refractivity (Wildman–Crippen MR) is 60.0 cm³/mol. The molecule has 15 heavy (non-hydrogen) atoms. The van der Waals surface area contributed by atoms with Crippen LogP contribution in [0.3, 0.4) is 0 Å². The van der Waals surface area contributed by atoms with Crippen LogP contribution in [0.15, 0.2) is 0 Å². The average Bonchev–Trinajstić information content (AvgIpc) is 2.67. The summed E-state index contributed by atoms with van der Waals surface area (Å²) in [7, 11) is 0. The minimum absolute atomic E-state index is 0.628. The summed E-state index contributed by atoms with van der Waals surface area (Å²) < 4.78 is 0. The molecule has 0 aromatic carbocycles. The van der Waals surface area contributed by atoms with Gasteiger partial charge in [0.1, 0.15) is 0 Å². The molecule has 86 valence electrons. The molecule has 0 radical (unpaired) electrons. The molecule has 1 aliphatic heterocycles. The van der Waals surface area contributed by atoms with E-state index in [0.29, 0.717) is 25.7 Å². The second-order valence-electron chi connectivity index (χ2n) is 4.74. The molecule has 2 fully saturated rings. The first-order chi connectivity index (χ1) is 7.11. The first-order valence-electron chi connectivity index (χ1n) is 5.64. The number of hydrogen-bond donors (Lipinski definition) is 2. The van der Waals surface area contributed by atoms with Crippen LogP contribution in [0, 0.1) is 5.41 Å². The van der Waals surface area contributed by atoms with E-state index in [1.54, 1.807) is 11.8 Å². The van der Waals surface area contributed by atoms with Gasteiger partial charge in [-0.3, -0.25) is 4.79 Å². The lowest BCUT2D eigenvalue weighted by molar-refractivity contribution is -0.170. The summed E-state index contributed by atoms with van der Waals surface area (Å²) >= 11 is 1.80. The van der Waals surface area contributed by atoms with E-state index in [4.69, 9.17) is 0 Å². The Morgan fingerprint density at radius 3 is 2.07 bits per heavy atom. The highest BCUT2D eigenvalue weighted by atomic mass is 32.2. The molecule has 0 unspecified atom stereocenters. The Balaban J connectivity index is 2.28. The average molecular weight is 230 g/mol. The van der Waals surface area contributed by atoms with Crippen molar-refractivity contribution in [3.63, 3.8) is 0 Å². The molecule has 0 bridgehead atoms. The van der Waals surface area contributed by atoms with Crippen molar-refractivity contribution in [2.45, 2.75) is 44.1 Å². The number of thioether (sulfide) groups is 1. The van der Waals surface area contributed by atoms with Crippen molar-refractivity contribution >= 4 is 17.7 Å². The third-order valence-corrected chi connectivity index (χ3v) is 5.06. The quantitative estimate of drug-likeness (QED) is 0.760. The Bertz CT molecular complexity index is 253. The highest BCUT2D eigenvalue weighted by Gasteiger charge is 2.56. The summed E-state index contributed by atoms with van der Waals surface area (Å²) in [6, 6.07) is 0. The maximum absolute atomic E-state index is 11.5. The summed E-state index contributed by atoms with van der Waals surface area (Å²) in [6.07, 6.45) is 4.54. The van der Waals surface area contributed by atoms with Crippen molar-refractivity contribution in [1.29, 1.82) is 0 Å². The third kappa shape index (κ3) is 1.68. The first-order valence-corrected chi connectivity index (χ1v) is 6.80. The van der Waals surface area contributed by atoms with Crippen molar-refractivity contribution in [2.75, 3.05) is 11.5 Å². The van der Waals surface area contributed by atoms with Gasteiger partial charge in [-0.15, -0.1) is 0 Å². The molecule has 1 heterocycles. The molecule has 1 aliphatic carbocycles. The van der Waals surface area contributed by atoms with E-state index >= 15 is 0 Å². The topological polar surface area (TPSA) is 57.5 Å². The second-order valence-corrected chi connectivity index (χ2v) is 5.96. The van der Waals surface area contributed by atoms with Gasteiger partial charge in [-0.2, -0.15) is 11.8 Å². The molecule has 0 spiro atoms. The highest BCUT2D eigenvalue weighted by molar-refractivity contribution is 7.99. The molecule has 1 saturated heterocycles. The van der Waals surface area contributed by atoms with Crippen molar-refractivity contribution < 1.29 is 15.0 Å². The summed E-state index contributed by atoms with van der Waals surface area (Å²) in [5.74, 6) is 0.954. The van der Waals surface area contributed by atoms with E-state index in [1.165, 1.54) is 0 Å². The summed E-state index contributed by atoms with van der Waals surface area (Å²) in [5.41, 5.74) is -1.78. The number of carboxylic acids is 1. The fraction of sp³-hybridized carbons (Fsp3) is 0.909. The van der Waals surface area contributed by atoms with Crippen molar-refractivity contribution in [2.24, 2.45) is 5.41 Å². The number of hydrogen-bond acceptors (Lipinski definition) is 3. The maximum atomic E-state index is 11.5. The Morgan fingerprint density at radius 2 is 1.60 bits per heavy atom. The first kappa shape index (κ1) is 11.3. The van der Waals surface area contributed by atoms with Crippen LogP contribution < -0.4 is 0 Å². The van der Waals surface area contributed by atoms with Gasteiger partial charge >= 0.3 is 5.97 Å². The summed E-state index contributed by atoms with van der Waals surface area (Å²) in [6.45, 7) is 0. The van der Waals surface area contributed by atoms with Gasteiger partial charge in [-0.05, 0) is 37.2 Å². The SMILES string of the molecule is O=C(O)C1(C2(O)CCCC2)CCSCC1. The van der Waals surface area contributed by atoms with E-state index < -0.39 is 17.0 Å². The number of aliphatic carboxylic acids is 1. The van der Waals surface area contributed by atoms with E-state index in [0.717, 1.165) is 24.3 Å². The molecular weight excluding hydrogens is 212 g/mol. The van der Waals surface area contributed by atoms with E-state index in [1.807, 2.05) is 0 Å². The smallest absolute Gasteiger partial charge is 0.312 e. The van der Waals surface area contributed by atoms with Crippen molar-refractivity contribution in [3.8, 4) is 0 Å². The Hall–Kier alpha value is -0.220. The van der Waals surface area contributed by atoms with Gasteiger partial charge in [0, 0.05) is 0 Å². The lowest BCUT2D eigenvalue weighted by atomic mass is 9.66. The molecule has 1 saturated carbocycles. The molecule has 0 amide bonds. The number of aliphatic hydroxyl groups is 1. The minimum atomic E-state index is -0.931. The van der Waals surface area contributed by atoms with E-state index in [9.17, 15) is 15.0 Å². The van der Waals surface area contributed by atoms with Crippen LogP contribution in [0.2, 0.25) is 0 Å². The van der Waals surface area contributed by atoms with Gasteiger partial charge in [0.05, 0.1) is 11.0 Å². The highest BCUT2D eigenvalue weighted by Crippen LogP contribution is 2.51. The van der Waals surface area contributed by atoms with Gasteiger partial charge in [-0.25, -0.2) is 0 Å². The molecule has 0 atom stereocenters. The van der Waals surface area contributed by atoms with Crippen molar-refractivity contribution in [1.82, 2.24) is 0 Å². The van der Waals surface area contributed by atoms with Gasteiger partial charge in [-0.1, -0.05) is 12.8 Å². The lowest BCUT2D eigenvalue weighted by Gasteiger charge is -2.44. The van der Waals surface area contributed by atoms with Crippen LogP contribution in [0.4, 0.5) is 0 Å². The predicted octanol–water partition coefficient (Wildman–Crippen LogP) is 1.89. The Kier molecular flexibility index (Phi) is 2.99. The fourth-order valence-corrected chi connectivity index (χ4v) is 4.23. The maximum Gasteiger partial charge on any atom is 0.312 e. The van der Waals surface area contributed by atoms with E-state index in [-0.39, 0.29) is 0 Å². The zero-order valence-electron chi connectivity index (χ0n) is 8.87. The van der Waals surface area contributed by atoms with Crippen LogP contribution in [0.1, 0.15) is 38.5 Å². The van der Waals surface area contributed by atoms with Crippen molar-refractivity contribution in [3.05, 3.63) is 0 Å². The summed E-state index contributed by atoms with van der Waals surface area (Å²) in [4.78, 5) is 11.5. The monoisotopic (exact) mass is 230 g/mol. The van der Waals surface area contributed by atoms with Crippen LogP contribution in [-0.4, -0.2) is 33.3 Å². The van der Waals surface area contributed by atoms with Crippen LogP contribution in [0.5, 0.6) is 0 Å². The standard InChI is InChI=1S/C11H18O3S/c12-9(13)10(5-7-15-8-6-10)11(14)3-1-2-4-11/h14H,1-8H2,(H,12,13). The molecule has 4 heteroatoms. The molecule has 0 aromatic rings. The fourth-order valence-electron chi connectivity index (χ4n) is 3.04. The molecule has 2 N–H and O–H groups in total. The zero-order valence-corrected chi connectivity index (χ0v) is 9.68. The minimum Gasteiger partial charge on any atom is -0.481 e. The number of carbonyl (C=O) groups is 1. The number of carboxylic acid groups (broad SMARTS) is 1. The van der Waals surface area contributed by atoms with Gasteiger partial charge in [0.15, 0.2) is 0 Å². The Morgan fingerprint density at radius 1 is 1.07 bits per heavy atom. The normalized spacial score (nSPS) is 28.9.